The molecule has 3 atom stereocenters. The molecule has 6 aliphatic heterocycles. The Bertz CT molecular complexity index is 2220. The molecule has 0 bridgehead atoms. The summed E-state index contributed by atoms with van der Waals surface area (Å²) >= 11 is 0. The van der Waals surface area contributed by atoms with E-state index < -0.39 is 23.7 Å². The van der Waals surface area contributed by atoms with Gasteiger partial charge in [0.2, 0.25) is 17.8 Å². The van der Waals surface area contributed by atoms with Gasteiger partial charge in [-0.15, -0.1) is 10.2 Å². The van der Waals surface area contributed by atoms with Gasteiger partial charge in [-0.25, -0.2) is 9.18 Å². The van der Waals surface area contributed by atoms with Crippen molar-refractivity contribution in [2.24, 2.45) is 11.7 Å². The van der Waals surface area contributed by atoms with E-state index in [-0.39, 0.29) is 41.8 Å². The summed E-state index contributed by atoms with van der Waals surface area (Å²) in [7, 11) is 1.80. The average Bonchev–Trinajstić information content (AvgIpc) is 3.94. The van der Waals surface area contributed by atoms with E-state index in [9.17, 15) is 24.0 Å². The molecule has 0 radical (unpaired) electrons. The van der Waals surface area contributed by atoms with Gasteiger partial charge in [-0.1, -0.05) is 0 Å². The number of amides is 6. The number of piperidine rings is 2. The van der Waals surface area contributed by atoms with E-state index in [4.69, 9.17) is 5.73 Å². The fourth-order valence-electron chi connectivity index (χ4n) is 9.59. The minimum Gasteiger partial charge on any atom is -0.371 e. The highest BCUT2D eigenvalue weighted by molar-refractivity contribution is 6.05. The lowest BCUT2D eigenvalue weighted by Gasteiger charge is -2.37. The molecule has 7 heterocycles. The Kier molecular flexibility index (Phi) is 10.6. The molecule has 4 N–H and O–H groups in total. The summed E-state index contributed by atoms with van der Waals surface area (Å²) in [5.41, 5.74) is 8.94. The van der Waals surface area contributed by atoms with Crippen LogP contribution in [0.5, 0.6) is 0 Å². The highest BCUT2D eigenvalue weighted by Gasteiger charge is 2.40. The molecule has 3 aromatic rings. The highest BCUT2D eigenvalue weighted by atomic mass is 19.1. The summed E-state index contributed by atoms with van der Waals surface area (Å²) in [6, 6.07) is 10.2. The smallest absolute Gasteiger partial charge is 0.320 e. The van der Waals surface area contributed by atoms with Crippen molar-refractivity contribution >= 4 is 58.5 Å². The molecule has 2 aromatic carbocycles. The first kappa shape index (κ1) is 39.4. The number of carbonyl (C=O) groups is 5. The third kappa shape index (κ3) is 7.73. The van der Waals surface area contributed by atoms with Crippen molar-refractivity contribution in [3.63, 3.8) is 0 Å². The molecule has 6 amide bonds. The molecule has 1 aromatic heterocycles. The molecule has 9 rings (SSSR count). The number of hydrogen-bond donors (Lipinski definition) is 3. The first-order valence-electron chi connectivity index (χ1n) is 20.9. The van der Waals surface area contributed by atoms with E-state index in [1.54, 1.807) is 29.0 Å². The van der Waals surface area contributed by atoms with Gasteiger partial charge in [0.25, 0.3) is 11.8 Å². The van der Waals surface area contributed by atoms with Gasteiger partial charge in [0.1, 0.15) is 11.9 Å². The van der Waals surface area contributed by atoms with Crippen molar-refractivity contribution in [2.75, 3.05) is 99.1 Å². The zero-order valence-electron chi connectivity index (χ0n) is 33.7. The lowest BCUT2D eigenvalue weighted by molar-refractivity contribution is -0.136. The lowest BCUT2D eigenvalue weighted by Crippen LogP contribution is -2.52. The fourth-order valence-corrected chi connectivity index (χ4v) is 9.59. The van der Waals surface area contributed by atoms with Gasteiger partial charge >= 0.3 is 6.03 Å². The van der Waals surface area contributed by atoms with Crippen molar-refractivity contribution in [1.82, 2.24) is 40.1 Å². The number of fused-ring (bicyclic) bond motifs is 1. The van der Waals surface area contributed by atoms with Crippen LogP contribution in [0.3, 0.4) is 0 Å². The van der Waals surface area contributed by atoms with Gasteiger partial charge in [0.05, 0.1) is 11.7 Å². The van der Waals surface area contributed by atoms with Crippen molar-refractivity contribution < 1.29 is 28.4 Å². The quantitative estimate of drug-likeness (QED) is 0.250. The maximum atomic E-state index is 15.8. The van der Waals surface area contributed by atoms with Crippen LogP contribution in [0.2, 0.25) is 0 Å². The molecule has 5 saturated heterocycles. The summed E-state index contributed by atoms with van der Waals surface area (Å²) in [6.07, 6.45) is 3.31. The monoisotopic (exact) mass is 823 g/mol. The van der Waals surface area contributed by atoms with Crippen LogP contribution >= 0.6 is 0 Å². The molecule has 0 spiro atoms. The molecule has 6 aliphatic rings. The Balaban J connectivity index is 0.779. The third-order valence-corrected chi connectivity index (χ3v) is 12.9. The second-order valence-corrected chi connectivity index (χ2v) is 16.7. The lowest BCUT2D eigenvalue weighted by atomic mass is 10.0. The number of aromatic nitrogens is 3. The molecule has 19 heteroatoms. The standard InChI is InChI=1S/C41H50FN13O5/c1-49-13-18-54(41(49)60)29-3-2-11-53(24-29)40-46-37(35(36(43)57)47-48-40)44-27-4-7-32(31(42)20-27)51-16-14-50(15-17-51)21-25-10-12-52(22-25)28-5-6-30-26(19-28)23-55(39(30)59)33-8-9-34(56)45-38(33)58/h4-7,19-20,25,29,33H,2-3,8-18,21-24H2,1H3,(H2,43,57)(H,44,46,48)(H,45,56,58)/t25?,29-,33?/m1/s1. The van der Waals surface area contributed by atoms with Crippen LogP contribution in [0, 0.1) is 11.7 Å². The number of hydrogen-bond acceptors (Lipinski definition) is 13. The minimum absolute atomic E-state index is 0.00348. The topological polar surface area (TPSA) is 197 Å². The Labute approximate surface area is 346 Å². The van der Waals surface area contributed by atoms with Crippen LogP contribution < -0.4 is 31.1 Å². The third-order valence-electron chi connectivity index (χ3n) is 12.9. The van der Waals surface area contributed by atoms with Gasteiger partial charge in [-0.3, -0.25) is 29.4 Å². The Morgan fingerprint density at radius 3 is 2.47 bits per heavy atom. The van der Waals surface area contributed by atoms with E-state index in [1.165, 1.54) is 6.07 Å². The highest BCUT2D eigenvalue weighted by Crippen LogP contribution is 2.34. The van der Waals surface area contributed by atoms with E-state index in [0.29, 0.717) is 81.0 Å². The molecule has 60 heavy (non-hydrogen) atoms. The number of anilines is 5. The maximum absolute atomic E-state index is 15.8. The molecule has 5 fully saturated rings. The number of imide groups is 1. The van der Waals surface area contributed by atoms with E-state index in [0.717, 1.165) is 63.2 Å². The van der Waals surface area contributed by atoms with E-state index in [2.05, 4.69) is 46.6 Å². The normalized spacial score (nSPS) is 23.8. The number of carbonyl (C=O) groups excluding carboxylic acids is 5. The van der Waals surface area contributed by atoms with Gasteiger partial charge in [0.15, 0.2) is 11.5 Å². The summed E-state index contributed by atoms with van der Waals surface area (Å²) in [6.45, 7) is 8.57. The molecule has 0 aliphatic carbocycles. The van der Waals surface area contributed by atoms with Gasteiger partial charge < -0.3 is 40.4 Å². The van der Waals surface area contributed by atoms with Crippen molar-refractivity contribution in [3.8, 4) is 0 Å². The van der Waals surface area contributed by atoms with Crippen LogP contribution in [-0.2, 0) is 16.1 Å². The number of piperazine rings is 1. The Morgan fingerprint density at radius 2 is 1.72 bits per heavy atom. The summed E-state index contributed by atoms with van der Waals surface area (Å²) in [4.78, 5) is 80.8. The molecular weight excluding hydrogens is 774 g/mol. The van der Waals surface area contributed by atoms with Crippen LogP contribution in [0.15, 0.2) is 36.4 Å². The van der Waals surface area contributed by atoms with Crippen LogP contribution in [-0.4, -0.2) is 156 Å². The number of likely N-dealkylation sites (N-methyl/N-ethyl adjacent to an activating group) is 1. The molecule has 2 unspecified atom stereocenters. The second-order valence-electron chi connectivity index (χ2n) is 16.7. The minimum atomic E-state index is -0.812. The maximum Gasteiger partial charge on any atom is 0.320 e. The van der Waals surface area contributed by atoms with Gasteiger partial charge in [0, 0.05) is 109 Å². The first-order valence-corrected chi connectivity index (χ1v) is 20.9. The van der Waals surface area contributed by atoms with Gasteiger partial charge in [-0.05, 0) is 73.6 Å². The van der Waals surface area contributed by atoms with Crippen molar-refractivity contribution in [2.45, 2.75) is 50.7 Å². The SMILES string of the molecule is CN1CCN([C@@H]2CCCN(c3nnc(C(N)=O)c(Nc4ccc(N5CCN(CC6CCN(c7ccc8c(c7)CN(C7CCC(=O)NC7=O)C8=O)C6)CC5)c(F)c4)n3)C2)C1=O. The molecule has 0 saturated carbocycles. The largest absolute Gasteiger partial charge is 0.371 e. The second kappa shape index (κ2) is 16.2. The molecule has 316 valence electrons. The van der Waals surface area contributed by atoms with E-state index >= 15 is 4.39 Å². The zero-order chi connectivity index (χ0) is 41.7. The van der Waals surface area contributed by atoms with Gasteiger partial charge in [-0.2, -0.15) is 4.98 Å². The summed E-state index contributed by atoms with van der Waals surface area (Å²) < 4.78 is 15.8. The number of nitrogens with one attached hydrogen (secondary N) is 2. The number of primary amides is 1. The number of urea groups is 1. The predicted octanol–water partition coefficient (Wildman–Crippen LogP) is 1.60. The fraction of sp³-hybridized carbons (Fsp3) is 0.512. The molecular formula is C41H50FN13O5. The van der Waals surface area contributed by atoms with Crippen molar-refractivity contribution in [3.05, 3.63) is 59.0 Å². The summed E-state index contributed by atoms with van der Waals surface area (Å²) in [5.74, 6) is -1.25. The number of nitrogens with two attached hydrogens (primary N) is 1. The van der Waals surface area contributed by atoms with E-state index in [1.807, 2.05) is 21.9 Å². The van der Waals surface area contributed by atoms with Crippen molar-refractivity contribution in [1.29, 1.82) is 0 Å². The number of rotatable bonds is 10. The first-order chi connectivity index (χ1) is 29.0. The number of halogens is 1. The Hall–Kier alpha value is -6.11. The number of benzene rings is 2. The van der Waals surface area contributed by atoms with Crippen LogP contribution in [0.1, 0.15) is 58.5 Å². The summed E-state index contributed by atoms with van der Waals surface area (Å²) in [5, 5.41) is 13.7. The zero-order valence-corrected chi connectivity index (χ0v) is 33.7. The van der Waals surface area contributed by atoms with Crippen LogP contribution in [0.4, 0.5) is 38.0 Å². The average molecular weight is 824 g/mol. The Morgan fingerprint density at radius 1 is 0.883 bits per heavy atom. The van der Waals surface area contributed by atoms with Crippen LogP contribution in [0.25, 0.3) is 0 Å². The molecule has 18 nitrogen and oxygen atoms in total. The number of nitrogens with zero attached hydrogens (tertiary/aromatic N) is 10. The predicted molar refractivity (Wildman–Crippen MR) is 219 cm³/mol.